The Morgan fingerprint density at radius 2 is 1.89 bits per heavy atom. The van der Waals surface area contributed by atoms with Crippen LogP contribution in [-0.4, -0.2) is 26.3 Å². The summed E-state index contributed by atoms with van der Waals surface area (Å²) in [5.74, 6) is -0.793. The van der Waals surface area contributed by atoms with Gasteiger partial charge in [0.1, 0.15) is 0 Å². The standard InChI is InChI=1S/C18H13Cl2N3O3S/c19-11-6-7-14(13(20)8-11)21-16(25)10-27-18-22-15(24)9-17(26)23(18)12-4-2-1-3-5-12/h1-9,24H,10H2,(H,21,25). The Balaban J connectivity index is 1.79. The third-order valence-electron chi connectivity index (χ3n) is 3.43. The lowest BCUT2D eigenvalue weighted by Gasteiger charge is -2.12. The molecule has 0 aliphatic rings. The molecule has 0 spiro atoms. The van der Waals surface area contributed by atoms with Gasteiger partial charge in [0.15, 0.2) is 5.16 Å². The highest BCUT2D eigenvalue weighted by atomic mass is 35.5. The summed E-state index contributed by atoms with van der Waals surface area (Å²) in [6.07, 6.45) is 0. The number of carbonyl (C=O) groups excluding carboxylic acids is 1. The van der Waals surface area contributed by atoms with E-state index in [2.05, 4.69) is 10.3 Å². The molecular formula is C18H13Cl2N3O3S. The average Bonchev–Trinajstić information content (AvgIpc) is 2.62. The number of nitrogens with zero attached hydrogens (tertiary/aromatic N) is 2. The molecule has 0 fully saturated rings. The number of hydrogen-bond acceptors (Lipinski definition) is 5. The van der Waals surface area contributed by atoms with Gasteiger partial charge >= 0.3 is 0 Å². The molecule has 138 valence electrons. The number of amides is 1. The van der Waals surface area contributed by atoms with Gasteiger partial charge in [0, 0.05) is 5.02 Å². The van der Waals surface area contributed by atoms with E-state index in [1.54, 1.807) is 36.4 Å². The molecule has 6 nitrogen and oxygen atoms in total. The maximum Gasteiger partial charge on any atom is 0.262 e. The first-order valence-corrected chi connectivity index (χ1v) is 9.44. The Morgan fingerprint density at radius 3 is 2.59 bits per heavy atom. The van der Waals surface area contributed by atoms with Gasteiger partial charge in [-0.15, -0.1) is 0 Å². The number of carbonyl (C=O) groups is 1. The summed E-state index contributed by atoms with van der Waals surface area (Å²) < 4.78 is 1.33. The summed E-state index contributed by atoms with van der Waals surface area (Å²) in [4.78, 5) is 28.5. The largest absolute Gasteiger partial charge is 0.493 e. The van der Waals surface area contributed by atoms with Crippen molar-refractivity contribution in [3.8, 4) is 11.6 Å². The van der Waals surface area contributed by atoms with E-state index in [1.165, 1.54) is 10.6 Å². The molecule has 0 saturated carbocycles. The number of benzene rings is 2. The zero-order valence-electron chi connectivity index (χ0n) is 13.7. The van der Waals surface area contributed by atoms with Crippen molar-refractivity contribution in [1.29, 1.82) is 0 Å². The lowest BCUT2D eigenvalue weighted by Crippen LogP contribution is -2.21. The van der Waals surface area contributed by atoms with Gasteiger partial charge in [-0.3, -0.25) is 14.2 Å². The van der Waals surface area contributed by atoms with E-state index in [9.17, 15) is 14.7 Å². The molecule has 0 aliphatic carbocycles. The molecule has 0 radical (unpaired) electrons. The second-order valence-corrected chi connectivity index (χ2v) is 7.15. The first-order chi connectivity index (χ1) is 12.9. The van der Waals surface area contributed by atoms with Gasteiger partial charge in [-0.25, -0.2) is 0 Å². The molecule has 2 aromatic carbocycles. The predicted octanol–water partition coefficient (Wildman–Crippen LogP) is 3.98. The van der Waals surface area contributed by atoms with Gasteiger partial charge in [0.05, 0.1) is 28.2 Å². The number of anilines is 1. The lowest BCUT2D eigenvalue weighted by atomic mass is 10.3. The fourth-order valence-corrected chi connectivity index (χ4v) is 3.54. The number of hydrogen-bond donors (Lipinski definition) is 2. The van der Waals surface area contributed by atoms with E-state index >= 15 is 0 Å². The van der Waals surface area contributed by atoms with Crippen molar-refractivity contribution in [3.63, 3.8) is 0 Å². The van der Waals surface area contributed by atoms with Gasteiger partial charge < -0.3 is 10.4 Å². The van der Waals surface area contributed by atoms with Crippen LogP contribution in [0.15, 0.2) is 64.5 Å². The molecule has 9 heteroatoms. The van der Waals surface area contributed by atoms with Crippen molar-refractivity contribution in [2.45, 2.75) is 5.16 Å². The van der Waals surface area contributed by atoms with Gasteiger partial charge in [-0.1, -0.05) is 53.2 Å². The zero-order chi connectivity index (χ0) is 19.4. The summed E-state index contributed by atoms with van der Waals surface area (Å²) in [6.45, 7) is 0. The van der Waals surface area contributed by atoms with Crippen LogP contribution in [0, 0.1) is 0 Å². The molecule has 0 bridgehead atoms. The molecule has 27 heavy (non-hydrogen) atoms. The normalized spacial score (nSPS) is 10.6. The van der Waals surface area contributed by atoms with Gasteiger partial charge in [0.25, 0.3) is 5.56 Å². The zero-order valence-corrected chi connectivity index (χ0v) is 16.1. The second-order valence-electron chi connectivity index (χ2n) is 5.37. The number of para-hydroxylation sites is 1. The summed E-state index contributed by atoms with van der Waals surface area (Å²) in [6, 6.07) is 14.6. The number of aromatic hydroxyl groups is 1. The molecule has 0 atom stereocenters. The number of thioether (sulfide) groups is 1. The van der Waals surface area contributed by atoms with Crippen molar-refractivity contribution in [1.82, 2.24) is 9.55 Å². The van der Waals surface area contributed by atoms with Crippen LogP contribution in [0.25, 0.3) is 5.69 Å². The molecule has 0 saturated heterocycles. The topological polar surface area (TPSA) is 84.2 Å². The van der Waals surface area contributed by atoms with E-state index in [0.29, 0.717) is 21.4 Å². The van der Waals surface area contributed by atoms with Crippen molar-refractivity contribution >= 4 is 46.6 Å². The third kappa shape index (κ3) is 4.82. The fraction of sp³-hybridized carbons (Fsp3) is 0.0556. The molecule has 1 aromatic heterocycles. The van der Waals surface area contributed by atoms with E-state index in [1.807, 2.05) is 6.07 Å². The molecule has 3 aromatic rings. The third-order valence-corrected chi connectivity index (χ3v) is 4.91. The predicted molar refractivity (Wildman–Crippen MR) is 107 cm³/mol. The SMILES string of the molecule is O=C(CSc1nc(O)cc(=O)n1-c1ccccc1)Nc1ccc(Cl)cc1Cl. The summed E-state index contributed by atoms with van der Waals surface area (Å²) in [5, 5.41) is 13.3. The summed E-state index contributed by atoms with van der Waals surface area (Å²) >= 11 is 12.9. The van der Waals surface area contributed by atoms with E-state index < -0.39 is 11.4 Å². The Kier molecular flexibility index (Phi) is 6.05. The summed E-state index contributed by atoms with van der Waals surface area (Å²) in [5.41, 5.74) is 0.562. The van der Waals surface area contributed by atoms with Gasteiger partial charge in [0.2, 0.25) is 11.8 Å². The van der Waals surface area contributed by atoms with Crippen molar-refractivity contribution < 1.29 is 9.90 Å². The Hall–Kier alpha value is -2.48. The maximum atomic E-state index is 12.3. The van der Waals surface area contributed by atoms with Crippen LogP contribution >= 0.6 is 35.0 Å². The monoisotopic (exact) mass is 421 g/mol. The van der Waals surface area contributed by atoms with E-state index in [4.69, 9.17) is 23.2 Å². The van der Waals surface area contributed by atoms with Crippen molar-refractivity contribution in [2.24, 2.45) is 0 Å². The highest BCUT2D eigenvalue weighted by Gasteiger charge is 2.14. The molecule has 0 unspecified atom stereocenters. The number of halogens is 2. The molecule has 1 amide bonds. The van der Waals surface area contributed by atoms with Gasteiger partial charge in [-0.05, 0) is 30.3 Å². The van der Waals surface area contributed by atoms with Crippen LogP contribution in [0.3, 0.4) is 0 Å². The molecule has 1 heterocycles. The molecule has 3 rings (SSSR count). The van der Waals surface area contributed by atoms with Crippen molar-refractivity contribution in [3.05, 3.63) is 75.0 Å². The van der Waals surface area contributed by atoms with Crippen LogP contribution in [0.2, 0.25) is 10.0 Å². The minimum absolute atomic E-state index is 0.0400. The highest BCUT2D eigenvalue weighted by Crippen LogP contribution is 2.26. The number of nitrogens with one attached hydrogen (secondary N) is 1. The molecule has 2 N–H and O–H groups in total. The Labute approximate surface area is 168 Å². The first-order valence-electron chi connectivity index (χ1n) is 7.70. The lowest BCUT2D eigenvalue weighted by molar-refractivity contribution is -0.113. The fourth-order valence-electron chi connectivity index (χ4n) is 2.27. The van der Waals surface area contributed by atoms with Gasteiger partial charge in [-0.2, -0.15) is 4.98 Å². The quantitative estimate of drug-likeness (QED) is 0.480. The highest BCUT2D eigenvalue weighted by molar-refractivity contribution is 7.99. The van der Waals surface area contributed by atoms with E-state index in [-0.39, 0.29) is 16.8 Å². The molecular weight excluding hydrogens is 409 g/mol. The maximum absolute atomic E-state index is 12.3. The van der Waals surface area contributed by atoms with Crippen LogP contribution in [0.5, 0.6) is 5.88 Å². The minimum Gasteiger partial charge on any atom is -0.493 e. The number of rotatable bonds is 5. The first kappa shape index (κ1) is 19.3. The minimum atomic E-state index is -0.447. The smallest absolute Gasteiger partial charge is 0.262 e. The number of aromatic nitrogens is 2. The Bertz CT molecular complexity index is 1040. The van der Waals surface area contributed by atoms with Crippen LogP contribution in [0.1, 0.15) is 0 Å². The second kappa shape index (κ2) is 8.47. The average molecular weight is 422 g/mol. The van der Waals surface area contributed by atoms with Crippen LogP contribution < -0.4 is 10.9 Å². The van der Waals surface area contributed by atoms with Crippen molar-refractivity contribution in [2.75, 3.05) is 11.1 Å². The van der Waals surface area contributed by atoms with Crippen LogP contribution in [0.4, 0.5) is 5.69 Å². The summed E-state index contributed by atoms with van der Waals surface area (Å²) in [7, 11) is 0. The van der Waals surface area contributed by atoms with Crippen LogP contribution in [-0.2, 0) is 4.79 Å². The van der Waals surface area contributed by atoms with E-state index in [0.717, 1.165) is 17.8 Å². The molecule has 0 aliphatic heterocycles. The Morgan fingerprint density at radius 1 is 1.15 bits per heavy atom.